The van der Waals surface area contributed by atoms with Gasteiger partial charge in [0.1, 0.15) is 6.04 Å². The molecule has 5 heteroatoms. The van der Waals surface area contributed by atoms with E-state index < -0.39 is 12.0 Å². The van der Waals surface area contributed by atoms with Crippen LogP contribution >= 0.6 is 0 Å². The lowest BCUT2D eigenvalue weighted by atomic mass is 10.1. The number of carboxylic acids is 1. The zero-order chi connectivity index (χ0) is 11.6. The average Bonchev–Trinajstić information content (AvgIpc) is 2.19. The standard InChI is InChI=1S/C10H20N2O3/c1-6-5-15-7(2)4-12(6)8(3)9(11)10(13)14/h6-9H,4-5,11H2,1-3H3,(H,13,14). The van der Waals surface area contributed by atoms with Crippen LogP contribution in [-0.2, 0) is 9.53 Å². The lowest BCUT2D eigenvalue weighted by molar-refractivity contribution is -0.142. The maximum atomic E-state index is 10.8. The molecule has 0 aliphatic carbocycles. The van der Waals surface area contributed by atoms with E-state index >= 15 is 0 Å². The molecule has 1 heterocycles. The minimum Gasteiger partial charge on any atom is -0.480 e. The van der Waals surface area contributed by atoms with Gasteiger partial charge in [-0.25, -0.2) is 0 Å². The van der Waals surface area contributed by atoms with E-state index in [4.69, 9.17) is 15.6 Å². The molecule has 0 aromatic rings. The maximum absolute atomic E-state index is 10.8. The summed E-state index contributed by atoms with van der Waals surface area (Å²) in [6.07, 6.45) is 0.143. The van der Waals surface area contributed by atoms with Gasteiger partial charge in [-0.15, -0.1) is 0 Å². The van der Waals surface area contributed by atoms with Crippen LogP contribution in [0.15, 0.2) is 0 Å². The van der Waals surface area contributed by atoms with Gasteiger partial charge in [-0.2, -0.15) is 0 Å². The van der Waals surface area contributed by atoms with Crippen molar-refractivity contribution in [3.8, 4) is 0 Å². The molecule has 5 nitrogen and oxygen atoms in total. The van der Waals surface area contributed by atoms with Gasteiger partial charge in [0.05, 0.1) is 12.7 Å². The minimum absolute atomic E-state index is 0.143. The Bertz CT molecular complexity index is 235. The van der Waals surface area contributed by atoms with Gasteiger partial charge in [-0.3, -0.25) is 9.69 Å². The molecule has 4 unspecified atom stereocenters. The van der Waals surface area contributed by atoms with Crippen molar-refractivity contribution in [1.29, 1.82) is 0 Å². The Morgan fingerprint density at radius 2 is 2.20 bits per heavy atom. The fraction of sp³-hybridized carbons (Fsp3) is 0.900. The molecule has 3 N–H and O–H groups in total. The topological polar surface area (TPSA) is 75.8 Å². The van der Waals surface area contributed by atoms with Gasteiger partial charge >= 0.3 is 5.97 Å². The monoisotopic (exact) mass is 216 g/mol. The fourth-order valence-corrected chi connectivity index (χ4v) is 1.91. The Kier molecular flexibility index (Phi) is 4.07. The number of carboxylic acid groups (broad SMARTS) is 1. The van der Waals surface area contributed by atoms with E-state index in [1.54, 1.807) is 0 Å². The number of carbonyl (C=O) groups is 1. The van der Waals surface area contributed by atoms with Crippen molar-refractivity contribution in [2.45, 2.75) is 45.0 Å². The van der Waals surface area contributed by atoms with E-state index in [0.29, 0.717) is 6.61 Å². The van der Waals surface area contributed by atoms with Crippen LogP contribution in [0, 0.1) is 0 Å². The Labute approximate surface area is 90.2 Å². The second-order valence-corrected chi connectivity index (χ2v) is 4.29. The Morgan fingerprint density at radius 3 is 2.73 bits per heavy atom. The third-order valence-corrected chi connectivity index (χ3v) is 2.98. The first-order valence-corrected chi connectivity index (χ1v) is 5.29. The van der Waals surface area contributed by atoms with Crippen molar-refractivity contribution in [2.24, 2.45) is 5.73 Å². The van der Waals surface area contributed by atoms with Gasteiger partial charge in [0.25, 0.3) is 0 Å². The molecule has 1 aliphatic heterocycles. The SMILES string of the molecule is CC1CN(C(C)C(N)C(=O)O)C(C)CO1. The van der Waals surface area contributed by atoms with Crippen LogP contribution in [0.4, 0.5) is 0 Å². The highest BCUT2D eigenvalue weighted by atomic mass is 16.5. The molecule has 4 atom stereocenters. The number of rotatable bonds is 3. The van der Waals surface area contributed by atoms with E-state index in [0.717, 1.165) is 6.54 Å². The summed E-state index contributed by atoms with van der Waals surface area (Å²) in [5.41, 5.74) is 5.62. The smallest absolute Gasteiger partial charge is 0.322 e. The highest BCUT2D eigenvalue weighted by Gasteiger charge is 2.32. The highest BCUT2D eigenvalue weighted by Crippen LogP contribution is 2.16. The minimum atomic E-state index is -0.950. The zero-order valence-electron chi connectivity index (χ0n) is 9.51. The second kappa shape index (κ2) is 4.92. The first kappa shape index (κ1) is 12.4. The van der Waals surface area contributed by atoms with Gasteiger partial charge in [0.15, 0.2) is 0 Å². The van der Waals surface area contributed by atoms with E-state index in [1.165, 1.54) is 0 Å². The van der Waals surface area contributed by atoms with E-state index in [2.05, 4.69) is 4.90 Å². The number of morpholine rings is 1. The predicted octanol–water partition coefficient (Wildman–Crippen LogP) is -0.104. The molecule has 15 heavy (non-hydrogen) atoms. The van der Waals surface area contributed by atoms with Gasteiger partial charge in [-0.05, 0) is 20.8 Å². The number of hydrogen-bond donors (Lipinski definition) is 2. The normalized spacial score (nSPS) is 32.3. The lowest BCUT2D eigenvalue weighted by Crippen LogP contribution is -2.58. The summed E-state index contributed by atoms with van der Waals surface area (Å²) < 4.78 is 5.48. The Balaban J connectivity index is 2.63. The van der Waals surface area contributed by atoms with Gasteiger partial charge < -0.3 is 15.6 Å². The summed E-state index contributed by atoms with van der Waals surface area (Å²) in [4.78, 5) is 12.9. The van der Waals surface area contributed by atoms with Crippen molar-refractivity contribution < 1.29 is 14.6 Å². The summed E-state index contributed by atoms with van der Waals surface area (Å²) in [5.74, 6) is -0.950. The summed E-state index contributed by atoms with van der Waals surface area (Å²) in [6.45, 7) is 7.24. The van der Waals surface area contributed by atoms with Crippen molar-refractivity contribution in [2.75, 3.05) is 13.2 Å². The molecule has 0 spiro atoms. The fourth-order valence-electron chi connectivity index (χ4n) is 1.91. The van der Waals surface area contributed by atoms with Crippen molar-refractivity contribution in [3.05, 3.63) is 0 Å². The van der Waals surface area contributed by atoms with Crippen LogP contribution < -0.4 is 5.73 Å². The number of ether oxygens (including phenoxy) is 1. The van der Waals surface area contributed by atoms with Crippen LogP contribution in [0.1, 0.15) is 20.8 Å². The first-order valence-electron chi connectivity index (χ1n) is 5.29. The number of nitrogens with zero attached hydrogens (tertiary/aromatic N) is 1. The maximum Gasteiger partial charge on any atom is 0.322 e. The molecule has 0 aromatic carbocycles. The number of hydrogen-bond acceptors (Lipinski definition) is 4. The molecule has 0 amide bonds. The molecule has 1 aliphatic rings. The zero-order valence-corrected chi connectivity index (χ0v) is 9.51. The quantitative estimate of drug-likeness (QED) is 0.688. The molecule has 1 saturated heterocycles. The Morgan fingerprint density at radius 1 is 1.60 bits per heavy atom. The summed E-state index contributed by atoms with van der Waals surface area (Å²) in [5, 5.41) is 8.85. The average molecular weight is 216 g/mol. The Hall–Kier alpha value is -0.650. The van der Waals surface area contributed by atoms with Crippen LogP contribution in [0.2, 0.25) is 0 Å². The number of nitrogens with two attached hydrogens (primary N) is 1. The number of aliphatic carboxylic acids is 1. The first-order chi connectivity index (χ1) is 6.93. The molecular formula is C10H20N2O3. The largest absolute Gasteiger partial charge is 0.480 e. The lowest BCUT2D eigenvalue weighted by Gasteiger charge is -2.41. The van der Waals surface area contributed by atoms with Crippen LogP contribution in [0.25, 0.3) is 0 Å². The predicted molar refractivity (Wildman–Crippen MR) is 56.7 cm³/mol. The molecule has 1 rings (SSSR count). The third kappa shape index (κ3) is 2.90. The van der Waals surface area contributed by atoms with E-state index in [-0.39, 0.29) is 18.2 Å². The second-order valence-electron chi connectivity index (χ2n) is 4.29. The van der Waals surface area contributed by atoms with E-state index in [9.17, 15) is 4.79 Å². The third-order valence-electron chi connectivity index (χ3n) is 2.98. The van der Waals surface area contributed by atoms with Crippen molar-refractivity contribution in [1.82, 2.24) is 4.90 Å². The summed E-state index contributed by atoms with van der Waals surface area (Å²) >= 11 is 0. The molecule has 1 fully saturated rings. The van der Waals surface area contributed by atoms with Crippen LogP contribution in [0.5, 0.6) is 0 Å². The van der Waals surface area contributed by atoms with Gasteiger partial charge in [0, 0.05) is 18.6 Å². The summed E-state index contributed by atoms with van der Waals surface area (Å²) in [6, 6.07) is -0.775. The van der Waals surface area contributed by atoms with Crippen molar-refractivity contribution in [3.63, 3.8) is 0 Å². The molecule has 88 valence electrons. The molecular weight excluding hydrogens is 196 g/mol. The molecule has 0 aromatic heterocycles. The van der Waals surface area contributed by atoms with Crippen LogP contribution in [0.3, 0.4) is 0 Å². The molecule has 0 radical (unpaired) electrons. The van der Waals surface area contributed by atoms with Crippen LogP contribution in [-0.4, -0.2) is 53.4 Å². The molecule has 0 bridgehead atoms. The summed E-state index contributed by atoms with van der Waals surface area (Å²) in [7, 11) is 0. The van der Waals surface area contributed by atoms with E-state index in [1.807, 2.05) is 20.8 Å². The van der Waals surface area contributed by atoms with Crippen molar-refractivity contribution >= 4 is 5.97 Å². The molecule has 0 saturated carbocycles. The van der Waals surface area contributed by atoms with Gasteiger partial charge in [0.2, 0.25) is 0 Å². The van der Waals surface area contributed by atoms with Gasteiger partial charge in [-0.1, -0.05) is 0 Å². The highest BCUT2D eigenvalue weighted by molar-refractivity contribution is 5.74.